The van der Waals surface area contributed by atoms with Gasteiger partial charge in [-0.15, -0.1) is 0 Å². The smallest absolute Gasteiger partial charge is 0.269 e. The van der Waals surface area contributed by atoms with E-state index in [9.17, 15) is 10.1 Å². The van der Waals surface area contributed by atoms with Crippen molar-refractivity contribution >= 4 is 5.69 Å². The van der Waals surface area contributed by atoms with Crippen molar-refractivity contribution < 1.29 is 4.92 Å². The molecule has 0 bridgehead atoms. The molecule has 18 heavy (non-hydrogen) atoms. The van der Waals surface area contributed by atoms with Crippen LogP contribution in [-0.4, -0.2) is 42.0 Å². The van der Waals surface area contributed by atoms with Gasteiger partial charge >= 0.3 is 0 Å². The van der Waals surface area contributed by atoms with Gasteiger partial charge in [-0.3, -0.25) is 10.1 Å². The van der Waals surface area contributed by atoms with Gasteiger partial charge in [0.1, 0.15) is 0 Å². The molecule has 0 unspecified atom stereocenters. The van der Waals surface area contributed by atoms with E-state index in [-0.39, 0.29) is 10.6 Å². The number of nitro benzene ring substituents is 1. The van der Waals surface area contributed by atoms with Crippen LogP contribution in [0.5, 0.6) is 0 Å². The summed E-state index contributed by atoms with van der Waals surface area (Å²) in [5, 5.41) is 14.0. The monoisotopic (exact) mass is 249 g/mol. The second kappa shape index (κ2) is 5.93. The van der Waals surface area contributed by atoms with E-state index in [4.69, 9.17) is 0 Å². The topological polar surface area (TPSA) is 58.4 Å². The number of non-ortho nitro benzene ring substituents is 1. The molecule has 0 spiro atoms. The Morgan fingerprint density at radius 2 is 2.17 bits per heavy atom. The summed E-state index contributed by atoms with van der Waals surface area (Å²) in [6, 6.07) is 7.41. The molecule has 1 fully saturated rings. The Hall–Kier alpha value is -1.46. The summed E-state index contributed by atoms with van der Waals surface area (Å²) in [6.07, 6.45) is 0.949. The van der Waals surface area contributed by atoms with Gasteiger partial charge in [0.15, 0.2) is 0 Å². The molecule has 1 atom stereocenters. The minimum atomic E-state index is -0.359. The Labute approximate surface area is 107 Å². The maximum atomic E-state index is 10.5. The molecule has 1 saturated heterocycles. The maximum absolute atomic E-state index is 10.5. The highest BCUT2D eigenvalue weighted by Crippen LogP contribution is 2.12. The van der Waals surface area contributed by atoms with Crippen molar-refractivity contribution in [1.82, 2.24) is 10.2 Å². The standard InChI is InChI=1S/C13H19N3O2/c1-11-10-15(9-7-14-11)8-6-12-2-4-13(5-3-12)16(17)18/h2-5,11,14H,6-10H2,1H3/t11-/m0/s1. The Balaban J connectivity index is 1.84. The number of nitrogens with one attached hydrogen (secondary N) is 1. The lowest BCUT2D eigenvalue weighted by Crippen LogP contribution is -2.49. The number of nitro groups is 1. The van der Waals surface area contributed by atoms with Gasteiger partial charge in [0, 0.05) is 44.4 Å². The Morgan fingerprint density at radius 3 is 2.78 bits per heavy atom. The lowest BCUT2D eigenvalue weighted by molar-refractivity contribution is -0.384. The molecule has 5 nitrogen and oxygen atoms in total. The molecule has 1 N–H and O–H groups in total. The molecule has 0 aliphatic carbocycles. The van der Waals surface area contributed by atoms with Crippen LogP contribution in [0.4, 0.5) is 5.69 Å². The summed E-state index contributed by atoms with van der Waals surface area (Å²) in [6.45, 7) is 6.41. The van der Waals surface area contributed by atoms with Crippen LogP contribution in [0.25, 0.3) is 0 Å². The van der Waals surface area contributed by atoms with Crippen LogP contribution in [0.1, 0.15) is 12.5 Å². The summed E-state index contributed by atoms with van der Waals surface area (Å²) in [5.74, 6) is 0. The van der Waals surface area contributed by atoms with Gasteiger partial charge in [-0.2, -0.15) is 0 Å². The van der Waals surface area contributed by atoms with Crippen molar-refractivity contribution in [2.75, 3.05) is 26.2 Å². The number of piperazine rings is 1. The van der Waals surface area contributed by atoms with Gasteiger partial charge in [0.25, 0.3) is 5.69 Å². The minimum absolute atomic E-state index is 0.162. The molecule has 5 heteroatoms. The third-order valence-corrected chi connectivity index (χ3v) is 3.32. The predicted molar refractivity (Wildman–Crippen MR) is 70.7 cm³/mol. The van der Waals surface area contributed by atoms with E-state index in [1.54, 1.807) is 12.1 Å². The van der Waals surface area contributed by atoms with E-state index in [0.29, 0.717) is 6.04 Å². The predicted octanol–water partition coefficient (Wildman–Crippen LogP) is 1.43. The second-order valence-electron chi connectivity index (χ2n) is 4.83. The lowest BCUT2D eigenvalue weighted by atomic mass is 10.1. The second-order valence-corrected chi connectivity index (χ2v) is 4.83. The summed E-state index contributed by atoms with van der Waals surface area (Å²) in [5.41, 5.74) is 1.32. The fourth-order valence-electron chi connectivity index (χ4n) is 2.29. The average Bonchev–Trinajstić information content (AvgIpc) is 2.37. The molecule has 0 saturated carbocycles. The molecule has 0 radical (unpaired) electrons. The van der Waals surface area contributed by atoms with E-state index in [1.807, 2.05) is 12.1 Å². The van der Waals surface area contributed by atoms with Crippen LogP contribution in [0.2, 0.25) is 0 Å². The SMILES string of the molecule is C[C@H]1CN(CCc2ccc([N+](=O)[O-])cc2)CCN1. The van der Waals surface area contributed by atoms with Crippen LogP contribution in [0.3, 0.4) is 0 Å². The van der Waals surface area contributed by atoms with E-state index in [0.717, 1.165) is 38.2 Å². The van der Waals surface area contributed by atoms with Crippen LogP contribution in [-0.2, 0) is 6.42 Å². The average molecular weight is 249 g/mol. The maximum Gasteiger partial charge on any atom is 0.269 e. The summed E-state index contributed by atoms with van der Waals surface area (Å²) >= 11 is 0. The molecule has 1 aromatic rings. The third-order valence-electron chi connectivity index (χ3n) is 3.32. The van der Waals surface area contributed by atoms with E-state index in [2.05, 4.69) is 17.1 Å². The highest BCUT2D eigenvalue weighted by molar-refractivity contribution is 5.32. The van der Waals surface area contributed by atoms with Crippen LogP contribution in [0.15, 0.2) is 24.3 Å². The number of rotatable bonds is 4. The largest absolute Gasteiger partial charge is 0.312 e. The first-order valence-corrected chi connectivity index (χ1v) is 6.34. The zero-order chi connectivity index (χ0) is 13.0. The number of hydrogen-bond acceptors (Lipinski definition) is 4. The summed E-state index contributed by atoms with van der Waals surface area (Å²) in [7, 11) is 0. The van der Waals surface area contributed by atoms with Crippen molar-refractivity contribution in [3.05, 3.63) is 39.9 Å². The first-order chi connectivity index (χ1) is 8.65. The van der Waals surface area contributed by atoms with Crippen LogP contribution >= 0.6 is 0 Å². The fourth-order valence-corrected chi connectivity index (χ4v) is 2.29. The van der Waals surface area contributed by atoms with Gasteiger partial charge in [-0.05, 0) is 18.9 Å². The van der Waals surface area contributed by atoms with Crippen LogP contribution in [0, 0.1) is 10.1 Å². The van der Waals surface area contributed by atoms with Gasteiger partial charge in [0.05, 0.1) is 4.92 Å². The lowest BCUT2D eigenvalue weighted by Gasteiger charge is -2.31. The number of benzene rings is 1. The first kappa shape index (κ1) is 13.0. The highest BCUT2D eigenvalue weighted by Gasteiger charge is 2.14. The first-order valence-electron chi connectivity index (χ1n) is 6.34. The Kier molecular flexibility index (Phi) is 4.28. The van der Waals surface area contributed by atoms with Gasteiger partial charge < -0.3 is 10.2 Å². The van der Waals surface area contributed by atoms with Crippen molar-refractivity contribution in [3.8, 4) is 0 Å². The van der Waals surface area contributed by atoms with Gasteiger partial charge in [-0.25, -0.2) is 0 Å². The van der Waals surface area contributed by atoms with E-state index < -0.39 is 0 Å². The van der Waals surface area contributed by atoms with Crippen LogP contribution < -0.4 is 5.32 Å². The summed E-state index contributed by atoms with van der Waals surface area (Å²) in [4.78, 5) is 12.6. The quantitative estimate of drug-likeness (QED) is 0.648. The molecule has 1 aliphatic heterocycles. The molecule has 0 amide bonds. The van der Waals surface area contributed by atoms with E-state index >= 15 is 0 Å². The molecule has 1 aliphatic rings. The molecule has 2 rings (SSSR count). The van der Waals surface area contributed by atoms with Gasteiger partial charge in [0.2, 0.25) is 0 Å². The minimum Gasteiger partial charge on any atom is -0.312 e. The molecule has 0 aromatic heterocycles. The summed E-state index contributed by atoms with van der Waals surface area (Å²) < 4.78 is 0. The Bertz CT molecular complexity index is 405. The molecule has 98 valence electrons. The molecule has 1 heterocycles. The van der Waals surface area contributed by atoms with Crippen molar-refractivity contribution in [2.24, 2.45) is 0 Å². The van der Waals surface area contributed by atoms with Crippen molar-refractivity contribution in [1.29, 1.82) is 0 Å². The third kappa shape index (κ3) is 3.51. The normalized spacial score (nSPS) is 20.8. The van der Waals surface area contributed by atoms with Crippen molar-refractivity contribution in [3.63, 3.8) is 0 Å². The number of hydrogen-bond donors (Lipinski definition) is 1. The Morgan fingerprint density at radius 1 is 1.44 bits per heavy atom. The fraction of sp³-hybridized carbons (Fsp3) is 0.538. The zero-order valence-electron chi connectivity index (χ0n) is 10.6. The number of nitrogens with zero attached hydrogens (tertiary/aromatic N) is 2. The highest BCUT2D eigenvalue weighted by atomic mass is 16.6. The zero-order valence-corrected chi connectivity index (χ0v) is 10.6. The van der Waals surface area contributed by atoms with Crippen molar-refractivity contribution in [2.45, 2.75) is 19.4 Å². The van der Waals surface area contributed by atoms with E-state index in [1.165, 1.54) is 0 Å². The molecular weight excluding hydrogens is 230 g/mol. The van der Waals surface area contributed by atoms with Gasteiger partial charge in [-0.1, -0.05) is 12.1 Å². The molecular formula is C13H19N3O2. The molecule has 1 aromatic carbocycles.